The number of nitrogens with zero attached hydrogens (tertiary/aromatic N) is 3. The molecule has 2 aromatic heterocycles. The molecule has 1 saturated heterocycles. The van der Waals surface area contributed by atoms with Gasteiger partial charge in [-0.1, -0.05) is 80.6 Å². The zero-order valence-corrected chi connectivity index (χ0v) is 26.2. The summed E-state index contributed by atoms with van der Waals surface area (Å²) in [6.45, 7) is 5.57. The number of pyridine rings is 1. The lowest BCUT2D eigenvalue weighted by Gasteiger charge is -2.13. The number of alkyl halides is 3. The maximum Gasteiger partial charge on any atom is 0.416 e. The van der Waals surface area contributed by atoms with Gasteiger partial charge in [0.1, 0.15) is 5.82 Å². The molecule has 1 atom stereocenters. The Balaban J connectivity index is 0.00000216. The maximum atomic E-state index is 13.9. The van der Waals surface area contributed by atoms with Crippen LogP contribution >= 0.6 is 7.92 Å². The third kappa shape index (κ3) is 8.32. The van der Waals surface area contributed by atoms with E-state index in [0.717, 1.165) is 41.2 Å². The summed E-state index contributed by atoms with van der Waals surface area (Å²) >= 11 is 0. The number of hydrogen-bond acceptors (Lipinski definition) is 4. The van der Waals surface area contributed by atoms with Crippen LogP contribution in [0.4, 0.5) is 24.7 Å². The van der Waals surface area contributed by atoms with Gasteiger partial charge in [0.15, 0.2) is 5.52 Å². The van der Waals surface area contributed by atoms with Gasteiger partial charge in [0.2, 0.25) is 0 Å². The molecule has 0 saturated carbocycles. The van der Waals surface area contributed by atoms with E-state index >= 15 is 0 Å². The molecule has 1 fully saturated rings. The summed E-state index contributed by atoms with van der Waals surface area (Å²) in [6, 6.07) is 22.9. The van der Waals surface area contributed by atoms with Crippen molar-refractivity contribution in [2.45, 2.75) is 52.6 Å². The summed E-state index contributed by atoms with van der Waals surface area (Å²) < 4.78 is 43.3. The highest BCUT2D eigenvalue weighted by atomic mass is 31.1. The highest BCUT2D eigenvalue weighted by molar-refractivity contribution is 7.75. The van der Waals surface area contributed by atoms with Crippen LogP contribution in [0.5, 0.6) is 0 Å². The number of carbonyl (C=O) groups is 1. The minimum Gasteiger partial charge on any atom is -0.340 e. The molecule has 0 bridgehead atoms. The summed E-state index contributed by atoms with van der Waals surface area (Å²) in [5.74, 6) is 0.586. The fraction of sp³-hybridized carbons (Fsp3) is 0.286. The molecule has 0 radical (unpaired) electrons. The number of hydrogen-bond donors (Lipinski definition) is 1. The van der Waals surface area contributed by atoms with Gasteiger partial charge < -0.3 is 5.32 Å². The van der Waals surface area contributed by atoms with Gasteiger partial charge in [-0.05, 0) is 58.2 Å². The standard InChI is InChI=1S/C33H32F3N4OP.C2H6/c1-2-10-25(33(34,35)36)16-17-29-28(19-22-42-21-9-15-31(42)41)32(24-11-5-3-6-12-24)39-40(29)27-18-20-37-30(23-27)38-26-13-7-4-8-14-26;1-2/h2-8,10-14,16,18,20,23H,9,15,17,19,21-22H2,1H3,(H,37,38);1-2H3/b10-2-,25-16+;. The summed E-state index contributed by atoms with van der Waals surface area (Å²) in [4.78, 5) is 16.9. The lowest BCUT2D eigenvalue weighted by atomic mass is 10.0. The van der Waals surface area contributed by atoms with Crippen molar-refractivity contribution in [3.63, 3.8) is 0 Å². The summed E-state index contributed by atoms with van der Waals surface area (Å²) in [5, 5.41) is 8.29. The van der Waals surface area contributed by atoms with Gasteiger partial charge >= 0.3 is 6.18 Å². The van der Waals surface area contributed by atoms with E-state index in [1.165, 1.54) is 12.2 Å². The Kier molecular flexibility index (Phi) is 11.7. The number of rotatable bonds is 10. The average Bonchev–Trinajstić information content (AvgIpc) is 3.62. The van der Waals surface area contributed by atoms with Crippen molar-refractivity contribution in [2.75, 3.05) is 17.6 Å². The van der Waals surface area contributed by atoms with Crippen LogP contribution in [0.1, 0.15) is 44.9 Å². The number of halogens is 3. The van der Waals surface area contributed by atoms with E-state index in [2.05, 4.69) is 10.3 Å². The average molecular weight is 619 g/mol. The second-order valence-corrected chi connectivity index (χ2v) is 12.5. The largest absolute Gasteiger partial charge is 0.416 e. The van der Waals surface area contributed by atoms with E-state index in [9.17, 15) is 18.0 Å². The zero-order valence-electron chi connectivity index (χ0n) is 25.3. The smallest absolute Gasteiger partial charge is 0.340 e. The molecular weight excluding hydrogens is 580 g/mol. The molecule has 1 aliphatic heterocycles. The lowest BCUT2D eigenvalue weighted by molar-refractivity contribution is -0.111. The highest BCUT2D eigenvalue weighted by Gasteiger charge is 2.32. The summed E-state index contributed by atoms with van der Waals surface area (Å²) in [6.07, 6.45) is 4.62. The van der Waals surface area contributed by atoms with E-state index in [4.69, 9.17) is 5.10 Å². The van der Waals surface area contributed by atoms with Gasteiger partial charge in [-0.3, -0.25) is 4.79 Å². The van der Waals surface area contributed by atoms with Crippen LogP contribution < -0.4 is 5.32 Å². The number of nitrogens with one attached hydrogen (secondary N) is 1. The fourth-order valence-electron chi connectivity index (χ4n) is 5.14. The van der Waals surface area contributed by atoms with Crippen LogP contribution in [0.2, 0.25) is 0 Å². The molecular formula is C35H38F3N4OP. The van der Waals surface area contributed by atoms with Crippen LogP contribution in [0.25, 0.3) is 16.9 Å². The van der Waals surface area contributed by atoms with Gasteiger partial charge in [0.05, 0.1) is 22.6 Å². The van der Waals surface area contributed by atoms with Gasteiger partial charge in [0.25, 0.3) is 0 Å². The first kappa shape index (κ1) is 32.9. The summed E-state index contributed by atoms with van der Waals surface area (Å²) in [7, 11) is -0.751. The first-order chi connectivity index (χ1) is 21.3. The third-order valence-corrected chi connectivity index (χ3v) is 9.71. The monoisotopic (exact) mass is 618 g/mol. The zero-order chi connectivity index (χ0) is 31.5. The van der Waals surface area contributed by atoms with Crippen molar-refractivity contribution in [3.05, 3.63) is 114 Å². The molecule has 0 spiro atoms. The van der Waals surface area contributed by atoms with E-state index in [-0.39, 0.29) is 6.42 Å². The SMILES string of the molecule is C/C=C\C(=C/Cc1c(CCP2CCCC2=O)c(-c2ccccc2)nn1-c1ccnc(Nc2ccccc2)c1)C(F)(F)F.CC. The van der Waals surface area contributed by atoms with Crippen molar-refractivity contribution in [2.24, 2.45) is 0 Å². The van der Waals surface area contributed by atoms with E-state index in [0.29, 0.717) is 41.7 Å². The minimum absolute atomic E-state index is 0.0178. The predicted molar refractivity (Wildman–Crippen MR) is 175 cm³/mol. The maximum absolute atomic E-state index is 13.9. The summed E-state index contributed by atoms with van der Waals surface area (Å²) in [5.41, 5.74) is 4.30. The fourth-order valence-corrected chi connectivity index (χ4v) is 7.37. The third-order valence-electron chi connectivity index (χ3n) is 7.16. The van der Waals surface area contributed by atoms with Crippen LogP contribution in [-0.2, 0) is 17.6 Å². The number of para-hydroxylation sites is 1. The molecule has 1 aliphatic rings. The molecule has 4 aromatic rings. The Morgan fingerprint density at radius 2 is 1.75 bits per heavy atom. The van der Waals surface area contributed by atoms with Gasteiger partial charge in [-0.25, -0.2) is 9.67 Å². The Morgan fingerprint density at radius 3 is 2.39 bits per heavy atom. The first-order valence-corrected chi connectivity index (χ1v) is 16.7. The predicted octanol–water partition coefficient (Wildman–Crippen LogP) is 9.66. The van der Waals surface area contributed by atoms with Crippen molar-refractivity contribution >= 4 is 25.0 Å². The van der Waals surface area contributed by atoms with Gasteiger partial charge in [-0.15, -0.1) is 0 Å². The number of benzene rings is 2. The molecule has 3 heterocycles. The normalized spacial score (nSPS) is 15.4. The van der Waals surface area contributed by atoms with Crippen LogP contribution in [-0.4, -0.2) is 38.8 Å². The quantitative estimate of drug-likeness (QED) is 0.142. The van der Waals surface area contributed by atoms with E-state index in [1.54, 1.807) is 23.9 Å². The first-order valence-electron chi connectivity index (χ1n) is 15.0. The van der Waals surface area contributed by atoms with Gasteiger partial charge in [-0.2, -0.15) is 18.3 Å². The van der Waals surface area contributed by atoms with Crippen LogP contribution in [0, 0.1) is 0 Å². The van der Waals surface area contributed by atoms with Crippen molar-refractivity contribution < 1.29 is 18.0 Å². The molecule has 0 amide bonds. The topological polar surface area (TPSA) is 59.8 Å². The molecule has 230 valence electrons. The Morgan fingerprint density at radius 1 is 1.05 bits per heavy atom. The number of anilines is 2. The molecule has 44 heavy (non-hydrogen) atoms. The Bertz CT molecular complexity index is 1580. The molecule has 1 unspecified atom stereocenters. The second kappa shape index (κ2) is 15.6. The number of allylic oxidation sites excluding steroid dienone is 4. The van der Waals surface area contributed by atoms with Crippen molar-refractivity contribution in [1.29, 1.82) is 0 Å². The molecule has 9 heteroatoms. The van der Waals surface area contributed by atoms with E-state index < -0.39 is 19.7 Å². The number of carbonyl (C=O) groups excluding carboxylic acids is 1. The molecule has 5 rings (SSSR count). The highest BCUT2D eigenvalue weighted by Crippen LogP contribution is 2.46. The van der Waals surface area contributed by atoms with Crippen LogP contribution in [0.15, 0.2) is 103 Å². The lowest BCUT2D eigenvalue weighted by Crippen LogP contribution is -2.11. The van der Waals surface area contributed by atoms with Gasteiger partial charge in [0, 0.05) is 41.9 Å². The Labute approximate surface area is 258 Å². The molecule has 5 nitrogen and oxygen atoms in total. The number of aromatic nitrogens is 3. The van der Waals surface area contributed by atoms with E-state index in [1.807, 2.05) is 80.6 Å². The second-order valence-electron chi connectivity index (χ2n) is 10.0. The Hall–Kier alpha value is -4.03. The molecule has 0 aliphatic carbocycles. The minimum atomic E-state index is -4.48. The van der Waals surface area contributed by atoms with Crippen LogP contribution in [0.3, 0.4) is 0 Å². The molecule has 2 aromatic carbocycles. The van der Waals surface area contributed by atoms with Crippen molar-refractivity contribution in [3.8, 4) is 16.9 Å². The molecule has 1 N–H and O–H groups in total. The van der Waals surface area contributed by atoms with Crippen molar-refractivity contribution in [1.82, 2.24) is 14.8 Å².